The highest BCUT2D eigenvalue weighted by molar-refractivity contribution is 7.89. The largest absolute Gasteiger partial charge is 0.461 e. The highest BCUT2D eigenvalue weighted by Crippen LogP contribution is 2.26. The van der Waals surface area contributed by atoms with Gasteiger partial charge in [0.15, 0.2) is 0 Å². The van der Waals surface area contributed by atoms with Crippen molar-refractivity contribution in [2.45, 2.75) is 45.7 Å². The fourth-order valence-electron chi connectivity index (χ4n) is 3.55. The summed E-state index contributed by atoms with van der Waals surface area (Å²) in [7, 11) is -3.77. The van der Waals surface area contributed by atoms with E-state index < -0.39 is 16.0 Å². The van der Waals surface area contributed by atoms with Crippen LogP contribution in [0.25, 0.3) is 0 Å². The summed E-state index contributed by atoms with van der Waals surface area (Å²) >= 11 is 0. The van der Waals surface area contributed by atoms with Gasteiger partial charge in [0, 0.05) is 18.8 Å². The summed E-state index contributed by atoms with van der Waals surface area (Å²) in [6.07, 6.45) is 0. The topological polar surface area (TPSA) is 79.5 Å². The summed E-state index contributed by atoms with van der Waals surface area (Å²) < 4.78 is 33.7. The van der Waals surface area contributed by atoms with Crippen LogP contribution < -0.4 is 0 Å². The van der Waals surface area contributed by atoms with Crippen LogP contribution in [0.5, 0.6) is 0 Å². The first-order valence-electron chi connectivity index (χ1n) is 10.2. The monoisotopic (exact) mass is 440 g/mol. The quantitative estimate of drug-likeness (QED) is 0.523. The van der Waals surface area contributed by atoms with Crippen LogP contribution in [-0.4, -0.2) is 30.3 Å². The summed E-state index contributed by atoms with van der Waals surface area (Å²) in [4.78, 5) is 15.6. The molecule has 3 rings (SSSR count). The Bertz CT molecular complexity index is 1170. The zero-order chi connectivity index (χ0) is 22.6. The molecule has 1 N–H and O–H groups in total. The van der Waals surface area contributed by atoms with Gasteiger partial charge in [0.25, 0.3) is 0 Å². The third kappa shape index (κ3) is 5.06. The summed E-state index contributed by atoms with van der Waals surface area (Å²) in [5.41, 5.74) is 4.35. The maximum absolute atomic E-state index is 13.6. The Morgan fingerprint density at radius 2 is 1.71 bits per heavy atom. The molecule has 0 unspecified atom stereocenters. The second kappa shape index (κ2) is 9.49. The minimum absolute atomic E-state index is 0.138. The number of nitrogens with one attached hydrogen (secondary N) is 1. The summed E-state index contributed by atoms with van der Waals surface area (Å²) in [5.74, 6) is -0.439. The fourth-order valence-corrected chi connectivity index (χ4v) is 5.05. The summed E-state index contributed by atoms with van der Waals surface area (Å²) in [5, 5.41) is 0. The number of hydrogen-bond acceptors (Lipinski definition) is 4. The SMILES string of the molecule is CCOC(=O)c1[nH]c(C)c(CN(Cc2ccccc2)S(=O)(=O)c2cccc(C)c2)c1C. The number of aryl methyl sites for hydroxylation is 2. The van der Waals surface area contributed by atoms with E-state index in [2.05, 4.69) is 4.98 Å². The van der Waals surface area contributed by atoms with E-state index in [1.165, 1.54) is 4.31 Å². The van der Waals surface area contributed by atoms with Gasteiger partial charge in [-0.05, 0) is 62.1 Å². The van der Waals surface area contributed by atoms with E-state index in [1.807, 2.05) is 57.2 Å². The molecule has 1 aromatic heterocycles. The minimum Gasteiger partial charge on any atom is -0.461 e. The lowest BCUT2D eigenvalue weighted by Crippen LogP contribution is -2.30. The Hall–Kier alpha value is -2.90. The van der Waals surface area contributed by atoms with Crippen LogP contribution in [0.15, 0.2) is 59.5 Å². The molecule has 6 nitrogen and oxygen atoms in total. The maximum Gasteiger partial charge on any atom is 0.355 e. The predicted molar refractivity (Wildman–Crippen MR) is 120 cm³/mol. The van der Waals surface area contributed by atoms with Gasteiger partial charge in [0.05, 0.1) is 11.5 Å². The maximum atomic E-state index is 13.6. The Kier molecular flexibility index (Phi) is 6.97. The molecule has 0 saturated carbocycles. The molecule has 31 heavy (non-hydrogen) atoms. The number of nitrogens with zero attached hydrogens (tertiary/aromatic N) is 1. The average molecular weight is 441 g/mol. The van der Waals surface area contributed by atoms with Crippen molar-refractivity contribution in [3.63, 3.8) is 0 Å². The van der Waals surface area contributed by atoms with Crippen LogP contribution in [0, 0.1) is 20.8 Å². The average Bonchev–Trinajstić information content (AvgIpc) is 3.02. The van der Waals surface area contributed by atoms with E-state index in [9.17, 15) is 13.2 Å². The van der Waals surface area contributed by atoms with Crippen molar-refractivity contribution >= 4 is 16.0 Å². The minimum atomic E-state index is -3.77. The van der Waals surface area contributed by atoms with Crippen molar-refractivity contribution < 1.29 is 17.9 Å². The van der Waals surface area contributed by atoms with E-state index in [0.717, 1.165) is 22.4 Å². The number of aromatic amines is 1. The Balaban J connectivity index is 2.03. The lowest BCUT2D eigenvalue weighted by atomic mass is 10.1. The van der Waals surface area contributed by atoms with Gasteiger partial charge in [-0.25, -0.2) is 13.2 Å². The molecular formula is C24H28N2O4S. The highest BCUT2D eigenvalue weighted by Gasteiger charge is 2.28. The molecule has 2 aromatic carbocycles. The van der Waals surface area contributed by atoms with Gasteiger partial charge in [-0.1, -0.05) is 42.5 Å². The van der Waals surface area contributed by atoms with E-state index >= 15 is 0 Å². The number of sulfonamides is 1. The molecule has 0 spiro atoms. The number of H-pyrrole nitrogens is 1. The van der Waals surface area contributed by atoms with Crippen molar-refractivity contribution in [1.29, 1.82) is 0 Å². The first-order valence-corrected chi connectivity index (χ1v) is 11.6. The molecule has 0 aliphatic heterocycles. The van der Waals surface area contributed by atoms with Crippen molar-refractivity contribution in [3.05, 3.63) is 88.2 Å². The first kappa shape index (κ1) is 22.8. The number of rotatable bonds is 8. The van der Waals surface area contributed by atoms with Crippen molar-refractivity contribution in [1.82, 2.24) is 9.29 Å². The third-order valence-electron chi connectivity index (χ3n) is 5.24. The van der Waals surface area contributed by atoms with Crippen molar-refractivity contribution in [3.8, 4) is 0 Å². The molecule has 0 fully saturated rings. The highest BCUT2D eigenvalue weighted by atomic mass is 32.2. The van der Waals surface area contributed by atoms with E-state index in [-0.39, 0.29) is 24.6 Å². The lowest BCUT2D eigenvalue weighted by molar-refractivity contribution is 0.0519. The molecule has 7 heteroatoms. The molecular weight excluding hydrogens is 412 g/mol. The standard InChI is InChI=1S/C24H28N2O4S/c1-5-30-24(27)23-18(3)22(19(4)25-23)16-26(15-20-11-7-6-8-12-20)31(28,29)21-13-9-10-17(2)14-21/h6-14,25H,5,15-16H2,1-4H3. The van der Waals surface area contributed by atoms with Gasteiger partial charge in [-0.3, -0.25) is 0 Å². The van der Waals surface area contributed by atoms with Crippen LogP contribution in [0.3, 0.4) is 0 Å². The van der Waals surface area contributed by atoms with Gasteiger partial charge >= 0.3 is 5.97 Å². The molecule has 0 bridgehead atoms. The van der Waals surface area contributed by atoms with Gasteiger partial charge in [-0.2, -0.15) is 4.31 Å². The molecule has 0 aliphatic rings. The molecule has 1 heterocycles. The van der Waals surface area contributed by atoms with E-state index in [0.29, 0.717) is 11.3 Å². The zero-order valence-corrected chi connectivity index (χ0v) is 19.1. The number of hydrogen-bond donors (Lipinski definition) is 1. The second-order valence-electron chi connectivity index (χ2n) is 7.52. The summed E-state index contributed by atoms with van der Waals surface area (Å²) in [6, 6.07) is 16.4. The van der Waals surface area contributed by atoms with Gasteiger partial charge in [-0.15, -0.1) is 0 Å². The number of aromatic nitrogens is 1. The van der Waals surface area contributed by atoms with E-state index in [4.69, 9.17) is 4.74 Å². The lowest BCUT2D eigenvalue weighted by Gasteiger charge is -2.23. The normalized spacial score (nSPS) is 11.6. The summed E-state index contributed by atoms with van der Waals surface area (Å²) in [6.45, 7) is 7.89. The molecule has 0 atom stereocenters. The number of carbonyl (C=O) groups is 1. The predicted octanol–water partition coefficient (Wildman–Crippen LogP) is 4.51. The number of benzene rings is 2. The molecule has 0 amide bonds. The molecule has 164 valence electrons. The number of ether oxygens (including phenoxy) is 1. The van der Waals surface area contributed by atoms with Crippen LogP contribution in [0.2, 0.25) is 0 Å². The van der Waals surface area contributed by atoms with Crippen LogP contribution in [-0.2, 0) is 27.8 Å². The smallest absolute Gasteiger partial charge is 0.355 e. The Labute approximate surface area is 183 Å². The van der Waals surface area contributed by atoms with Crippen LogP contribution in [0.1, 0.15) is 45.4 Å². The van der Waals surface area contributed by atoms with Crippen LogP contribution >= 0.6 is 0 Å². The van der Waals surface area contributed by atoms with Crippen molar-refractivity contribution in [2.24, 2.45) is 0 Å². The van der Waals surface area contributed by atoms with Crippen molar-refractivity contribution in [2.75, 3.05) is 6.61 Å². The van der Waals surface area contributed by atoms with Crippen LogP contribution in [0.4, 0.5) is 0 Å². The van der Waals surface area contributed by atoms with E-state index in [1.54, 1.807) is 25.1 Å². The molecule has 0 radical (unpaired) electrons. The molecule has 0 aliphatic carbocycles. The van der Waals surface area contributed by atoms with Gasteiger partial charge < -0.3 is 9.72 Å². The molecule has 3 aromatic rings. The molecule has 0 saturated heterocycles. The Morgan fingerprint density at radius 1 is 1.00 bits per heavy atom. The van der Waals surface area contributed by atoms with Gasteiger partial charge in [0.1, 0.15) is 5.69 Å². The number of esters is 1. The van der Waals surface area contributed by atoms with Gasteiger partial charge in [0.2, 0.25) is 10.0 Å². The fraction of sp³-hybridized carbons (Fsp3) is 0.292. The third-order valence-corrected chi connectivity index (χ3v) is 7.02. The Morgan fingerprint density at radius 3 is 2.35 bits per heavy atom. The number of carbonyl (C=O) groups excluding carboxylic acids is 1. The second-order valence-corrected chi connectivity index (χ2v) is 9.46. The zero-order valence-electron chi connectivity index (χ0n) is 18.3. The first-order chi connectivity index (χ1) is 14.7.